The van der Waals surface area contributed by atoms with Crippen LogP contribution in [0.4, 0.5) is 19.0 Å². The first kappa shape index (κ1) is 13.2. The summed E-state index contributed by atoms with van der Waals surface area (Å²) in [7, 11) is 0. The van der Waals surface area contributed by atoms with E-state index in [9.17, 15) is 13.2 Å². The smallest absolute Gasteiger partial charge is 0.363 e. The number of fused-ring (bicyclic) bond motifs is 1. The molecule has 1 N–H and O–H groups in total. The first-order chi connectivity index (χ1) is 9.37. The van der Waals surface area contributed by atoms with E-state index in [-0.39, 0.29) is 5.54 Å². The van der Waals surface area contributed by atoms with Gasteiger partial charge in [-0.25, -0.2) is 9.50 Å². The standard InChI is InChI=1S/C13H15F3N4/c1-12(4-2-3-5-12)18-11-9-8-10(13(14,15)16)19-20(9)7-6-17-11/h6-8H,2-5H2,1H3,(H,17,18). The zero-order valence-electron chi connectivity index (χ0n) is 11.0. The van der Waals surface area contributed by atoms with Gasteiger partial charge in [0.05, 0.1) is 0 Å². The Bertz CT molecular complexity index is 626. The summed E-state index contributed by atoms with van der Waals surface area (Å²) in [6, 6.07) is 1.04. The molecule has 0 unspecified atom stereocenters. The van der Waals surface area contributed by atoms with Crippen LogP contribution in [0, 0.1) is 0 Å². The molecule has 0 amide bonds. The lowest BCUT2D eigenvalue weighted by Crippen LogP contribution is -2.31. The summed E-state index contributed by atoms with van der Waals surface area (Å²) < 4.78 is 39.4. The van der Waals surface area contributed by atoms with Crippen molar-refractivity contribution in [2.24, 2.45) is 0 Å². The van der Waals surface area contributed by atoms with Gasteiger partial charge in [-0.2, -0.15) is 18.3 Å². The lowest BCUT2D eigenvalue weighted by Gasteiger charge is -2.26. The number of nitrogens with one attached hydrogen (secondary N) is 1. The first-order valence-electron chi connectivity index (χ1n) is 6.57. The van der Waals surface area contributed by atoms with Crippen molar-refractivity contribution >= 4 is 11.3 Å². The molecule has 0 aliphatic heterocycles. The van der Waals surface area contributed by atoms with Crippen molar-refractivity contribution in [2.45, 2.75) is 44.3 Å². The molecule has 1 aliphatic rings. The van der Waals surface area contributed by atoms with Crippen LogP contribution in [0.2, 0.25) is 0 Å². The Morgan fingerprint density at radius 1 is 1.30 bits per heavy atom. The van der Waals surface area contributed by atoms with Gasteiger partial charge in [0.2, 0.25) is 0 Å². The monoisotopic (exact) mass is 284 g/mol. The highest BCUT2D eigenvalue weighted by Crippen LogP contribution is 2.34. The SMILES string of the molecule is CC1(Nc2nccn3nc(C(F)(F)F)cc23)CCCC1. The fourth-order valence-electron chi connectivity index (χ4n) is 2.72. The second kappa shape index (κ2) is 4.36. The summed E-state index contributed by atoms with van der Waals surface area (Å²) >= 11 is 0. The third-order valence-electron chi connectivity index (χ3n) is 3.81. The van der Waals surface area contributed by atoms with E-state index in [2.05, 4.69) is 22.3 Å². The van der Waals surface area contributed by atoms with Crippen LogP contribution in [0.3, 0.4) is 0 Å². The third-order valence-corrected chi connectivity index (χ3v) is 3.81. The molecule has 1 saturated carbocycles. The summed E-state index contributed by atoms with van der Waals surface area (Å²) in [6.07, 6.45) is 2.68. The van der Waals surface area contributed by atoms with Gasteiger partial charge >= 0.3 is 6.18 Å². The van der Waals surface area contributed by atoms with Gasteiger partial charge in [-0.15, -0.1) is 0 Å². The van der Waals surface area contributed by atoms with Gasteiger partial charge in [-0.3, -0.25) is 0 Å². The highest BCUT2D eigenvalue weighted by atomic mass is 19.4. The number of anilines is 1. The highest BCUT2D eigenvalue weighted by Gasteiger charge is 2.35. The maximum atomic E-state index is 12.7. The number of hydrogen-bond acceptors (Lipinski definition) is 3. The molecule has 0 atom stereocenters. The number of halogens is 3. The minimum absolute atomic E-state index is 0.0997. The Morgan fingerprint density at radius 2 is 2.00 bits per heavy atom. The average molecular weight is 284 g/mol. The largest absolute Gasteiger partial charge is 0.435 e. The zero-order valence-corrected chi connectivity index (χ0v) is 11.0. The normalized spacial score (nSPS) is 18.6. The van der Waals surface area contributed by atoms with Crippen LogP contribution >= 0.6 is 0 Å². The maximum Gasteiger partial charge on any atom is 0.435 e. The van der Waals surface area contributed by atoms with Gasteiger partial charge in [0.25, 0.3) is 0 Å². The van der Waals surface area contributed by atoms with Gasteiger partial charge in [0.1, 0.15) is 5.52 Å². The van der Waals surface area contributed by atoms with Gasteiger partial charge in [0, 0.05) is 24.0 Å². The van der Waals surface area contributed by atoms with Crippen molar-refractivity contribution in [3.8, 4) is 0 Å². The molecule has 3 rings (SSSR count). The Balaban J connectivity index is 2.01. The van der Waals surface area contributed by atoms with Crippen LogP contribution in [-0.4, -0.2) is 20.1 Å². The van der Waals surface area contributed by atoms with Gasteiger partial charge in [-0.1, -0.05) is 12.8 Å². The Kier molecular flexibility index (Phi) is 2.88. The van der Waals surface area contributed by atoms with Gasteiger partial charge in [-0.05, 0) is 19.8 Å². The molecule has 0 bridgehead atoms. The molecule has 2 heterocycles. The molecule has 2 aromatic heterocycles. The van der Waals surface area contributed by atoms with E-state index < -0.39 is 11.9 Å². The van der Waals surface area contributed by atoms with Crippen molar-refractivity contribution < 1.29 is 13.2 Å². The molecular formula is C13H15F3N4. The lowest BCUT2D eigenvalue weighted by molar-refractivity contribution is -0.141. The minimum Gasteiger partial charge on any atom is -0.363 e. The number of nitrogens with zero attached hydrogens (tertiary/aromatic N) is 3. The van der Waals surface area contributed by atoms with Crippen molar-refractivity contribution in [2.75, 3.05) is 5.32 Å². The van der Waals surface area contributed by atoms with Crippen LogP contribution in [0.5, 0.6) is 0 Å². The molecule has 2 aromatic rings. The Hall–Kier alpha value is -1.79. The Labute approximate surface area is 114 Å². The molecule has 20 heavy (non-hydrogen) atoms. The molecular weight excluding hydrogens is 269 g/mol. The van der Waals surface area contributed by atoms with Crippen LogP contribution in [0.25, 0.3) is 5.52 Å². The number of alkyl halides is 3. The molecule has 4 nitrogen and oxygen atoms in total. The van der Waals surface area contributed by atoms with E-state index in [0.29, 0.717) is 11.3 Å². The van der Waals surface area contributed by atoms with Gasteiger partial charge in [0.15, 0.2) is 11.5 Å². The number of hydrogen-bond donors (Lipinski definition) is 1. The van der Waals surface area contributed by atoms with Crippen molar-refractivity contribution in [3.63, 3.8) is 0 Å². The molecule has 0 spiro atoms. The minimum atomic E-state index is -4.44. The molecule has 0 saturated heterocycles. The van der Waals surface area contributed by atoms with Crippen molar-refractivity contribution in [1.29, 1.82) is 0 Å². The van der Waals surface area contributed by atoms with E-state index in [4.69, 9.17) is 0 Å². The summed E-state index contributed by atoms with van der Waals surface area (Å²) in [5.41, 5.74) is -0.643. The van der Waals surface area contributed by atoms with Crippen LogP contribution in [0.1, 0.15) is 38.3 Å². The van der Waals surface area contributed by atoms with Gasteiger partial charge < -0.3 is 5.32 Å². The fourth-order valence-corrected chi connectivity index (χ4v) is 2.72. The van der Waals surface area contributed by atoms with Crippen LogP contribution in [-0.2, 0) is 6.18 Å². The quantitative estimate of drug-likeness (QED) is 0.918. The predicted molar refractivity (Wildman–Crippen MR) is 68.5 cm³/mol. The third kappa shape index (κ3) is 2.32. The molecule has 7 heteroatoms. The zero-order chi connectivity index (χ0) is 14.4. The van der Waals surface area contributed by atoms with E-state index >= 15 is 0 Å². The predicted octanol–water partition coefficient (Wildman–Crippen LogP) is 3.49. The van der Waals surface area contributed by atoms with E-state index in [1.54, 1.807) is 0 Å². The van der Waals surface area contributed by atoms with E-state index in [1.165, 1.54) is 16.9 Å². The molecule has 0 aromatic carbocycles. The van der Waals surface area contributed by atoms with E-state index in [1.807, 2.05) is 0 Å². The first-order valence-corrected chi connectivity index (χ1v) is 6.57. The lowest BCUT2D eigenvalue weighted by atomic mass is 10.0. The van der Waals surface area contributed by atoms with Crippen molar-refractivity contribution in [3.05, 3.63) is 24.2 Å². The van der Waals surface area contributed by atoms with Crippen LogP contribution in [0.15, 0.2) is 18.5 Å². The summed E-state index contributed by atoms with van der Waals surface area (Å²) in [5.74, 6) is 0.458. The fraction of sp³-hybridized carbons (Fsp3) is 0.538. The number of rotatable bonds is 2. The summed E-state index contributed by atoms with van der Waals surface area (Å²) in [6.45, 7) is 2.08. The summed E-state index contributed by atoms with van der Waals surface area (Å²) in [5, 5.41) is 6.84. The summed E-state index contributed by atoms with van der Waals surface area (Å²) in [4.78, 5) is 4.17. The molecule has 1 aliphatic carbocycles. The van der Waals surface area contributed by atoms with Crippen LogP contribution < -0.4 is 5.32 Å². The van der Waals surface area contributed by atoms with Crippen molar-refractivity contribution in [1.82, 2.24) is 14.6 Å². The number of aromatic nitrogens is 3. The second-order valence-corrected chi connectivity index (χ2v) is 5.53. The molecule has 1 fully saturated rings. The highest BCUT2D eigenvalue weighted by molar-refractivity contribution is 5.68. The Morgan fingerprint density at radius 3 is 2.65 bits per heavy atom. The topological polar surface area (TPSA) is 42.2 Å². The molecule has 108 valence electrons. The van der Waals surface area contributed by atoms with E-state index in [0.717, 1.165) is 31.7 Å². The molecule has 0 radical (unpaired) electrons. The maximum absolute atomic E-state index is 12.7. The second-order valence-electron chi connectivity index (χ2n) is 5.53. The average Bonchev–Trinajstić information content (AvgIpc) is 2.95.